The van der Waals surface area contributed by atoms with Crippen LogP contribution in [0.1, 0.15) is 22.0 Å². The van der Waals surface area contributed by atoms with Crippen LogP contribution in [0, 0.1) is 0 Å². The van der Waals surface area contributed by atoms with E-state index in [1.165, 1.54) is 6.07 Å². The monoisotopic (exact) mass is 259 g/mol. The molecule has 2 unspecified atom stereocenters. The van der Waals surface area contributed by atoms with Gasteiger partial charge in [0.05, 0.1) is 10.6 Å². The number of benzene rings is 1. The molecule has 0 aliphatic carbocycles. The normalized spacial score (nSPS) is 14.1. The zero-order valence-electron chi connectivity index (χ0n) is 8.50. The van der Waals surface area contributed by atoms with Crippen LogP contribution in [0.15, 0.2) is 18.2 Å². The molecule has 7 heteroatoms. The van der Waals surface area contributed by atoms with Crippen LogP contribution in [0.5, 0.6) is 0 Å². The highest BCUT2D eigenvalue weighted by Gasteiger charge is 2.24. The standard InChI is InChI=1S/C10H10ClNO5/c11-6-3-4(1-2-5(6)10(16)17)7(13)8(14)9(12)15/h1-3,7-8,13-14H,(H2,12,15)(H,16,17). The lowest BCUT2D eigenvalue weighted by atomic mass is 10.0. The van der Waals surface area contributed by atoms with Crippen molar-refractivity contribution >= 4 is 23.5 Å². The van der Waals surface area contributed by atoms with Crippen LogP contribution in [0.2, 0.25) is 5.02 Å². The lowest BCUT2D eigenvalue weighted by molar-refractivity contribution is -0.131. The van der Waals surface area contributed by atoms with Crippen molar-refractivity contribution < 1.29 is 24.9 Å². The Morgan fingerprint density at radius 1 is 1.29 bits per heavy atom. The molecule has 0 spiro atoms. The van der Waals surface area contributed by atoms with Crippen molar-refractivity contribution in [1.29, 1.82) is 0 Å². The van der Waals surface area contributed by atoms with Crippen LogP contribution < -0.4 is 5.73 Å². The van der Waals surface area contributed by atoms with E-state index in [4.69, 9.17) is 22.4 Å². The third-order valence-corrected chi connectivity index (χ3v) is 2.47. The molecular formula is C10H10ClNO5. The van der Waals surface area contributed by atoms with Crippen LogP contribution in [0.25, 0.3) is 0 Å². The summed E-state index contributed by atoms with van der Waals surface area (Å²) in [5.41, 5.74) is 4.78. The number of aliphatic hydroxyl groups is 2. The Balaban J connectivity index is 3.05. The number of rotatable bonds is 4. The van der Waals surface area contributed by atoms with E-state index in [-0.39, 0.29) is 16.1 Å². The van der Waals surface area contributed by atoms with Gasteiger partial charge in [-0.25, -0.2) is 4.79 Å². The molecule has 92 valence electrons. The number of nitrogens with two attached hydrogens (primary N) is 1. The number of halogens is 1. The Hall–Kier alpha value is -1.63. The Bertz CT molecular complexity index is 462. The molecule has 0 saturated carbocycles. The Morgan fingerprint density at radius 3 is 2.29 bits per heavy atom. The number of hydrogen-bond acceptors (Lipinski definition) is 4. The molecule has 5 N–H and O–H groups in total. The predicted octanol–water partition coefficient (Wildman–Crippen LogP) is -0.0822. The number of carboxylic acids is 1. The van der Waals surface area contributed by atoms with Crippen molar-refractivity contribution in [3.8, 4) is 0 Å². The number of primary amides is 1. The van der Waals surface area contributed by atoms with Crippen LogP contribution in [-0.2, 0) is 4.79 Å². The highest BCUT2D eigenvalue weighted by Crippen LogP contribution is 2.23. The van der Waals surface area contributed by atoms with Crippen LogP contribution in [0.4, 0.5) is 0 Å². The van der Waals surface area contributed by atoms with Crippen molar-refractivity contribution in [2.75, 3.05) is 0 Å². The van der Waals surface area contributed by atoms with E-state index in [1.54, 1.807) is 0 Å². The second kappa shape index (κ2) is 5.13. The van der Waals surface area contributed by atoms with E-state index in [0.29, 0.717) is 0 Å². The molecule has 1 aromatic carbocycles. The van der Waals surface area contributed by atoms with Gasteiger partial charge in [0.25, 0.3) is 0 Å². The van der Waals surface area contributed by atoms with Crippen LogP contribution in [0.3, 0.4) is 0 Å². The minimum absolute atomic E-state index is 0.103. The van der Waals surface area contributed by atoms with E-state index >= 15 is 0 Å². The summed E-state index contributed by atoms with van der Waals surface area (Å²) in [6.07, 6.45) is -3.32. The van der Waals surface area contributed by atoms with Gasteiger partial charge in [-0.3, -0.25) is 4.79 Å². The maximum Gasteiger partial charge on any atom is 0.337 e. The summed E-state index contributed by atoms with van der Waals surface area (Å²) in [5.74, 6) is -2.30. The van der Waals surface area contributed by atoms with E-state index in [9.17, 15) is 19.8 Å². The quantitative estimate of drug-likeness (QED) is 0.602. The maximum absolute atomic E-state index is 10.7. The molecule has 0 saturated heterocycles. The molecule has 0 bridgehead atoms. The maximum atomic E-state index is 10.7. The van der Waals surface area contributed by atoms with Gasteiger partial charge in [0.15, 0.2) is 6.10 Å². The van der Waals surface area contributed by atoms with Gasteiger partial charge in [0.1, 0.15) is 6.10 Å². The summed E-state index contributed by atoms with van der Waals surface area (Å²) < 4.78 is 0. The minimum Gasteiger partial charge on any atom is -0.478 e. The van der Waals surface area contributed by atoms with Gasteiger partial charge in [-0.05, 0) is 17.7 Å². The zero-order valence-corrected chi connectivity index (χ0v) is 9.26. The summed E-state index contributed by atoms with van der Waals surface area (Å²) in [4.78, 5) is 21.3. The van der Waals surface area contributed by atoms with E-state index in [1.807, 2.05) is 0 Å². The second-order valence-electron chi connectivity index (χ2n) is 3.34. The first-order valence-electron chi connectivity index (χ1n) is 4.52. The molecule has 0 heterocycles. The average molecular weight is 260 g/mol. The fourth-order valence-electron chi connectivity index (χ4n) is 1.23. The first-order valence-corrected chi connectivity index (χ1v) is 4.90. The number of amides is 1. The van der Waals surface area contributed by atoms with Crippen molar-refractivity contribution in [2.45, 2.75) is 12.2 Å². The Kier molecular flexibility index (Phi) is 4.06. The topological polar surface area (TPSA) is 121 Å². The molecule has 2 atom stereocenters. The SMILES string of the molecule is NC(=O)C(O)C(O)c1ccc(C(=O)O)c(Cl)c1. The van der Waals surface area contributed by atoms with Crippen LogP contribution >= 0.6 is 11.6 Å². The number of carbonyl (C=O) groups is 2. The zero-order chi connectivity index (χ0) is 13.2. The predicted molar refractivity (Wildman–Crippen MR) is 58.6 cm³/mol. The van der Waals surface area contributed by atoms with Crippen molar-refractivity contribution in [3.63, 3.8) is 0 Å². The lowest BCUT2D eigenvalue weighted by Gasteiger charge is -2.15. The first kappa shape index (κ1) is 13.4. The first-order chi connectivity index (χ1) is 7.84. The molecule has 1 aromatic rings. The van der Waals surface area contributed by atoms with Gasteiger partial charge in [0, 0.05) is 0 Å². The second-order valence-corrected chi connectivity index (χ2v) is 3.74. The number of aromatic carboxylic acids is 1. The van der Waals surface area contributed by atoms with Gasteiger partial charge < -0.3 is 21.1 Å². The minimum atomic E-state index is -1.78. The van der Waals surface area contributed by atoms with Gasteiger partial charge in [-0.1, -0.05) is 17.7 Å². The number of hydrogen-bond donors (Lipinski definition) is 4. The van der Waals surface area contributed by atoms with Gasteiger partial charge in [-0.2, -0.15) is 0 Å². The van der Waals surface area contributed by atoms with Gasteiger partial charge in [-0.15, -0.1) is 0 Å². The van der Waals surface area contributed by atoms with E-state index in [0.717, 1.165) is 12.1 Å². The molecular weight excluding hydrogens is 250 g/mol. The molecule has 0 aliphatic rings. The van der Waals surface area contributed by atoms with Gasteiger partial charge in [0.2, 0.25) is 5.91 Å². The van der Waals surface area contributed by atoms with Crippen molar-refractivity contribution in [3.05, 3.63) is 34.3 Å². The Labute approximate surface area is 101 Å². The summed E-state index contributed by atoms with van der Waals surface area (Å²) >= 11 is 5.66. The highest BCUT2D eigenvalue weighted by molar-refractivity contribution is 6.33. The summed E-state index contributed by atoms with van der Waals surface area (Å²) in [7, 11) is 0. The number of carbonyl (C=O) groups excluding carboxylic acids is 1. The van der Waals surface area contributed by atoms with Crippen molar-refractivity contribution in [2.24, 2.45) is 5.73 Å². The summed E-state index contributed by atoms with van der Waals surface area (Å²) in [6, 6.07) is 3.56. The Morgan fingerprint density at radius 2 is 1.88 bits per heavy atom. The third-order valence-electron chi connectivity index (χ3n) is 2.16. The smallest absolute Gasteiger partial charge is 0.337 e. The fourth-order valence-corrected chi connectivity index (χ4v) is 1.50. The highest BCUT2D eigenvalue weighted by atomic mass is 35.5. The van der Waals surface area contributed by atoms with Gasteiger partial charge >= 0.3 is 5.97 Å². The molecule has 17 heavy (non-hydrogen) atoms. The molecule has 0 aliphatic heterocycles. The lowest BCUT2D eigenvalue weighted by Crippen LogP contribution is -2.33. The van der Waals surface area contributed by atoms with Crippen LogP contribution in [-0.4, -0.2) is 33.3 Å². The largest absolute Gasteiger partial charge is 0.478 e. The third kappa shape index (κ3) is 2.94. The van der Waals surface area contributed by atoms with E-state index < -0.39 is 24.1 Å². The molecule has 1 amide bonds. The molecule has 6 nitrogen and oxygen atoms in total. The molecule has 0 aromatic heterocycles. The van der Waals surface area contributed by atoms with E-state index in [2.05, 4.69) is 0 Å². The fraction of sp³-hybridized carbons (Fsp3) is 0.200. The summed E-state index contributed by atoms with van der Waals surface area (Å²) in [5, 5.41) is 27.4. The average Bonchev–Trinajstić information content (AvgIpc) is 2.26. The molecule has 1 rings (SSSR count). The molecule has 0 radical (unpaired) electrons. The van der Waals surface area contributed by atoms with Crippen molar-refractivity contribution in [1.82, 2.24) is 0 Å². The number of aliphatic hydroxyl groups excluding tert-OH is 2. The molecule has 0 fully saturated rings. The summed E-state index contributed by atoms with van der Waals surface area (Å²) in [6.45, 7) is 0. The number of carboxylic acid groups (broad SMARTS) is 1.